The average molecular weight is 295 g/mol. The average Bonchev–Trinajstić information content (AvgIpc) is 2.47. The summed E-state index contributed by atoms with van der Waals surface area (Å²) in [4.78, 5) is 0. The molecular weight excluding hydrogens is 264 g/mol. The Kier molecular flexibility index (Phi) is 10.8. The van der Waals surface area contributed by atoms with Gasteiger partial charge < -0.3 is 5.11 Å². The van der Waals surface area contributed by atoms with Crippen molar-refractivity contribution < 1.29 is 5.11 Å². The lowest BCUT2D eigenvalue weighted by atomic mass is 10.1. The molecule has 1 nitrogen and oxygen atoms in total. The zero-order chi connectivity index (χ0) is 14.5. The molecule has 0 fully saturated rings. The van der Waals surface area contributed by atoms with Crippen LogP contribution in [0.25, 0.3) is 0 Å². The molecule has 0 aliphatic heterocycles. The number of aliphatic hydroxyl groups excluding tert-OH is 1. The number of thioether (sulfide) groups is 1. The lowest BCUT2D eigenvalue weighted by Crippen LogP contribution is -1.93. The van der Waals surface area contributed by atoms with Crippen LogP contribution >= 0.6 is 11.8 Å². The summed E-state index contributed by atoms with van der Waals surface area (Å²) >= 11 is 2.09. The van der Waals surface area contributed by atoms with Gasteiger partial charge in [0.15, 0.2) is 0 Å². The van der Waals surface area contributed by atoms with E-state index in [9.17, 15) is 0 Å². The number of unbranched alkanes of at least 4 members (excludes halogenated alkanes) is 5. The summed E-state index contributed by atoms with van der Waals surface area (Å²) in [5, 5.41) is 8.88. The van der Waals surface area contributed by atoms with E-state index >= 15 is 0 Å². The monoisotopic (exact) mass is 294 g/mol. The molecule has 1 aromatic carbocycles. The second-order valence-electron chi connectivity index (χ2n) is 5.42. The molecule has 1 N–H and O–H groups in total. The van der Waals surface area contributed by atoms with E-state index in [0.717, 1.165) is 6.42 Å². The van der Waals surface area contributed by atoms with Gasteiger partial charge in [-0.15, -0.1) is 0 Å². The number of aryl methyl sites for hydroxylation is 1. The highest BCUT2D eigenvalue weighted by Gasteiger charge is 1.96. The molecule has 0 radical (unpaired) electrons. The Morgan fingerprint density at radius 2 is 1.40 bits per heavy atom. The van der Waals surface area contributed by atoms with E-state index in [1.165, 1.54) is 67.6 Å². The number of rotatable bonds is 12. The van der Waals surface area contributed by atoms with Gasteiger partial charge in [0, 0.05) is 6.61 Å². The number of hydrogen-bond acceptors (Lipinski definition) is 2. The van der Waals surface area contributed by atoms with Crippen molar-refractivity contribution in [3.05, 3.63) is 35.4 Å². The van der Waals surface area contributed by atoms with Crippen molar-refractivity contribution in [1.82, 2.24) is 0 Å². The second-order valence-corrected chi connectivity index (χ2v) is 6.64. The first-order chi connectivity index (χ1) is 9.86. The lowest BCUT2D eigenvalue weighted by Gasteiger charge is -2.04. The zero-order valence-electron chi connectivity index (χ0n) is 12.9. The third-order valence-electron chi connectivity index (χ3n) is 3.60. The smallest absolute Gasteiger partial charge is 0.0471 e. The van der Waals surface area contributed by atoms with Gasteiger partial charge in [-0.2, -0.15) is 11.8 Å². The van der Waals surface area contributed by atoms with Crippen molar-refractivity contribution in [2.75, 3.05) is 18.1 Å². The molecular formula is C18H30OS. The molecule has 0 aromatic heterocycles. The fourth-order valence-electron chi connectivity index (χ4n) is 2.28. The van der Waals surface area contributed by atoms with E-state index in [2.05, 4.69) is 43.0 Å². The summed E-state index contributed by atoms with van der Waals surface area (Å²) in [6, 6.07) is 8.69. The van der Waals surface area contributed by atoms with Crippen LogP contribution in [-0.4, -0.2) is 23.2 Å². The van der Waals surface area contributed by atoms with Gasteiger partial charge in [-0.25, -0.2) is 0 Å². The minimum atomic E-state index is 0.244. The summed E-state index contributed by atoms with van der Waals surface area (Å²) < 4.78 is 0. The van der Waals surface area contributed by atoms with Crippen LogP contribution in [0.1, 0.15) is 56.6 Å². The Balaban J connectivity index is 1.98. The van der Waals surface area contributed by atoms with E-state index in [1.807, 2.05) is 0 Å². The highest BCUT2D eigenvalue weighted by atomic mass is 32.2. The molecule has 114 valence electrons. The standard InChI is InChI=1S/C18H30OS/c1-2-3-4-5-6-7-15-20-16-13-18-10-8-17(9-11-18)12-14-19/h8-11,19H,2-7,12-16H2,1H3. The molecule has 0 saturated heterocycles. The first kappa shape index (κ1) is 17.6. The van der Waals surface area contributed by atoms with Gasteiger partial charge >= 0.3 is 0 Å². The van der Waals surface area contributed by atoms with Gasteiger partial charge in [-0.1, -0.05) is 63.3 Å². The molecule has 0 amide bonds. The molecule has 0 aliphatic carbocycles. The highest BCUT2D eigenvalue weighted by Crippen LogP contribution is 2.12. The molecule has 0 spiro atoms. The van der Waals surface area contributed by atoms with Crippen molar-refractivity contribution in [3.8, 4) is 0 Å². The van der Waals surface area contributed by atoms with Crippen LogP contribution in [0.4, 0.5) is 0 Å². The van der Waals surface area contributed by atoms with Crippen LogP contribution in [-0.2, 0) is 12.8 Å². The van der Waals surface area contributed by atoms with Gasteiger partial charge in [-0.3, -0.25) is 0 Å². The fraction of sp³-hybridized carbons (Fsp3) is 0.667. The molecule has 0 unspecified atom stereocenters. The number of hydrogen-bond donors (Lipinski definition) is 1. The first-order valence-electron chi connectivity index (χ1n) is 8.13. The van der Waals surface area contributed by atoms with Gasteiger partial charge in [-0.05, 0) is 41.9 Å². The SMILES string of the molecule is CCCCCCCCSCCc1ccc(CCO)cc1. The lowest BCUT2D eigenvalue weighted by molar-refractivity contribution is 0.299. The zero-order valence-corrected chi connectivity index (χ0v) is 13.8. The molecule has 1 aromatic rings. The van der Waals surface area contributed by atoms with E-state index in [0.29, 0.717) is 0 Å². The Morgan fingerprint density at radius 1 is 0.800 bits per heavy atom. The molecule has 0 bridgehead atoms. The summed E-state index contributed by atoms with van der Waals surface area (Å²) in [5.74, 6) is 2.54. The first-order valence-corrected chi connectivity index (χ1v) is 9.28. The van der Waals surface area contributed by atoms with Crippen LogP contribution in [0.5, 0.6) is 0 Å². The number of aliphatic hydroxyl groups is 1. The molecule has 1 rings (SSSR count). The largest absolute Gasteiger partial charge is 0.396 e. The quantitative estimate of drug-likeness (QED) is 0.556. The van der Waals surface area contributed by atoms with E-state index in [1.54, 1.807) is 0 Å². The molecule has 0 heterocycles. The third-order valence-corrected chi connectivity index (χ3v) is 4.67. The normalized spacial score (nSPS) is 10.9. The Morgan fingerprint density at radius 3 is 2.05 bits per heavy atom. The van der Waals surface area contributed by atoms with Crippen molar-refractivity contribution in [3.63, 3.8) is 0 Å². The minimum Gasteiger partial charge on any atom is -0.396 e. The van der Waals surface area contributed by atoms with Gasteiger partial charge in [0.05, 0.1) is 0 Å². The van der Waals surface area contributed by atoms with Crippen molar-refractivity contribution >= 4 is 11.8 Å². The van der Waals surface area contributed by atoms with Gasteiger partial charge in [0.1, 0.15) is 0 Å². The fourth-order valence-corrected chi connectivity index (χ4v) is 3.27. The van der Waals surface area contributed by atoms with Crippen LogP contribution < -0.4 is 0 Å². The van der Waals surface area contributed by atoms with E-state index in [-0.39, 0.29) is 6.61 Å². The minimum absolute atomic E-state index is 0.244. The summed E-state index contributed by atoms with van der Waals surface area (Å²) in [6.07, 6.45) is 10.3. The third kappa shape index (κ3) is 8.65. The van der Waals surface area contributed by atoms with Gasteiger partial charge in [0.25, 0.3) is 0 Å². The van der Waals surface area contributed by atoms with Crippen molar-refractivity contribution in [1.29, 1.82) is 0 Å². The predicted molar refractivity (Wildman–Crippen MR) is 91.6 cm³/mol. The number of benzene rings is 1. The van der Waals surface area contributed by atoms with Crippen LogP contribution in [0.15, 0.2) is 24.3 Å². The molecule has 2 heteroatoms. The highest BCUT2D eigenvalue weighted by molar-refractivity contribution is 7.99. The molecule has 0 saturated carbocycles. The topological polar surface area (TPSA) is 20.2 Å². The maximum atomic E-state index is 8.88. The Labute approximate surface area is 129 Å². The van der Waals surface area contributed by atoms with Crippen LogP contribution in [0, 0.1) is 0 Å². The van der Waals surface area contributed by atoms with E-state index < -0.39 is 0 Å². The van der Waals surface area contributed by atoms with Crippen molar-refractivity contribution in [2.24, 2.45) is 0 Å². The van der Waals surface area contributed by atoms with Crippen LogP contribution in [0.2, 0.25) is 0 Å². The van der Waals surface area contributed by atoms with E-state index in [4.69, 9.17) is 5.11 Å². The summed E-state index contributed by atoms with van der Waals surface area (Å²) in [6.45, 7) is 2.51. The Hall–Kier alpha value is -0.470. The summed E-state index contributed by atoms with van der Waals surface area (Å²) in [5.41, 5.74) is 2.65. The van der Waals surface area contributed by atoms with Gasteiger partial charge in [0.2, 0.25) is 0 Å². The molecule has 0 aliphatic rings. The molecule has 20 heavy (non-hydrogen) atoms. The second kappa shape index (κ2) is 12.3. The molecule has 0 atom stereocenters. The van der Waals surface area contributed by atoms with Crippen LogP contribution in [0.3, 0.4) is 0 Å². The van der Waals surface area contributed by atoms with Crippen molar-refractivity contribution in [2.45, 2.75) is 58.3 Å². The summed E-state index contributed by atoms with van der Waals surface area (Å²) in [7, 11) is 0. The predicted octanol–water partition coefficient (Wildman–Crippen LogP) is 4.86. The maximum Gasteiger partial charge on any atom is 0.0471 e. The maximum absolute atomic E-state index is 8.88. The Bertz CT molecular complexity index is 321.